The fourth-order valence-corrected chi connectivity index (χ4v) is 7.93. The number of aliphatic carboxylic acids is 1. The third-order valence-corrected chi connectivity index (χ3v) is 11.1. The highest BCUT2D eigenvalue weighted by Gasteiger charge is 2.33. The predicted octanol–water partition coefficient (Wildman–Crippen LogP) is 6.15. The average molecular weight is 801 g/mol. The van der Waals surface area contributed by atoms with E-state index in [2.05, 4.69) is 10.6 Å². The van der Waals surface area contributed by atoms with E-state index in [9.17, 15) is 39.6 Å². The highest BCUT2D eigenvalue weighted by molar-refractivity contribution is 5.98. The molecule has 2 heterocycles. The maximum absolute atomic E-state index is 13.9. The Balaban J connectivity index is 1.24. The number of carboxylic acids is 1. The first-order valence-electron chi connectivity index (χ1n) is 20.5. The van der Waals surface area contributed by atoms with E-state index >= 15 is 0 Å². The Bertz CT molecular complexity index is 1920. The second-order valence-corrected chi connectivity index (χ2v) is 16.8. The normalized spacial score (nSPS) is 17.4. The second-order valence-electron chi connectivity index (χ2n) is 16.8. The summed E-state index contributed by atoms with van der Waals surface area (Å²) in [5.74, 6) is -2.78. The van der Waals surface area contributed by atoms with Crippen LogP contribution in [0, 0.1) is 5.92 Å². The van der Waals surface area contributed by atoms with Crippen molar-refractivity contribution in [2.45, 2.75) is 116 Å². The van der Waals surface area contributed by atoms with Gasteiger partial charge in [-0.25, -0.2) is 4.79 Å². The molecule has 2 aliphatic heterocycles. The van der Waals surface area contributed by atoms with Crippen molar-refractivity contribution in [3.8, 4) is 23.0 Å². The highest BCUT2D eigenvalue weighted by atomic mass is 16.5. The van der Waals surface area contributed by atoms with Crippen LogP contribution in [0.15, 0.2) is 54.6 Å². The molecule has 0 spiro atoms. The van der Waals surface area contributed by atoms with Crippen molar-refractivity contribution in [3.05, 3.63) is 82.4 Å². The Morgan fingerprint density at radius 1 is 0.707 bits per heavy atom. The van der Waals surface area contributed by atoms with E-state index in [0.29, 0.717) is 75.8 Å². The molecule has 3 aromatic carbocycles. The van der Waals surface area contributed by atoms with Crippen molar-refractivity contribution in [2.24, 2.45) is 5.92 Å². The number of nitrogens with zero attached hydrogens (tertiary/aromatic N) is 2. The number of amides is 2. The summed E-state index contributed by atoms with van der Waals surface area (Å²) in [4.78, 5) is 56.7. The van der Waals surface area contributed by atoms with Crippen LogP contribution in [0.1, 0.15) is 123 Å². The quantitative estimate of drug-likeness (QED) is 0.0764. The van der Waals surface area contributed by atoms with Gasteiger partial charge in [0.1, 0.15) is 35.1 Å². The minimum absolute atomic E-state index is 0.0568. The number of piperidine rings is 2. The molecule has 0 bridgehead atoms. The molecule has 2 fully saturated rings. The molecule has 5 rings (SSSR count). The Hall–Kier alpha value is -5.14. The summed E-state index contributed by atoms with van der Waals surface area (Å²) in [6, 6.07) is 13.3. The van der Waals surface area contributed by atoms with E-state index < -0.39 is 24.0 Å². The van der Waals surface area contributed by atoms with Crippen LogP contribution in [0.4, 0.5) is 0 Å². The predicted molar refractivity (Wildman–Crippen MR) is 221 cm³/mol. The van der Waals surface area contributed by atoms with Crippen molar-refractivity contribution in [2.75, 3.05) is 26.2 Å². The summed E-state index contributed by atoms with van der Waals surface area (Å²) >= 11 is 0. The molecular weight excluding hydrogens is 741 g/mol. The fourth-order valence-electron chi connectivity index (χ4n) is 7.93. The summed E-state index contributed by atoms with van der Waals surface area (Å²) in [6.07, 6.45) is 3.28. The number of carboxylic acid groups (broad SMARTS) is 1. The molecule has 3 aromatic rings. The first-order valence-corrected chi connectivity index (χ1v) is 20.5. The number of phenols is 3. The molecule has 3 atom stereocenters. The number of benzene rings is 3. The fraction of sp³-hybridized carbons (Fsp3) is 0.511. The van der Waals surface area contributed by atoms with Gasteiger partial charge in [0.25, 0.3) is 11.8 Å². The number of esters is 1. The largest absolute Gasteiger partial charge is 0.508 e. The minimum Gasteiger partial charge on any atom is -0.508 e. The summed E-state index contributed by atoms with van der Waals surface area (Å²) in [5.41, 5.74) is 2.30. The van der Waals surface area contributed by atoms with Gasteiger partial charge in [-0.3, -0.25) is 19.7 Å². The van der Waals surface area contributed by atoms with E-state index in [4.69, 9.17) is 4.74 Å². The third-order valence-electron chi connectivity index (χ3n) is 11.1. The number of carbonyl (C=O) groups excluding carboxylic acids is 3. The number of carbonyl (C=O) groups is 4. The third kappa shape index (κ3) is 11.1. The number of ether oxygens (including phenoxy) is 1. The van der Waals surface area contributed by atoms with Gasteiger partial charge in [0.2, 0.25) is 0 Å². The minimum atomic E-state index is -0.929. The first kappa shape index (κ1) is 44.0. The van der Waals surface area contributed by atoms with E-state index in [-0.39, 0.29) is 75.8 Å². The lowest BCUT2D eigenvalue weighted by atomic mass is 9.96. The van der Waals surface area contributed by atoms with Crippen molar-refractivity contribution in [1.82, 2.24) is 20.4 Å². The smallest absolute Gasteiger partial charge is 0.328 e. The molecule has 13 nitrogen and oxygen atoms in total. The number of nitrogens with one attached hydrogen (secondary N) is 2. The number of aromatic hydroxyl groups is 3. The Morgan fingerprint density at radius 2 is 1.29 bits per heavy atom. The van der Waals surface area contributed by atoms with Crippen molar-refractivity contribution in [1.29, 1.82) is 0 Å². The molecule has 2 amide bonds. The number of likely N-dealkylation sites (tertiary alicyclic amines) is 2. The lowest BCUT2D eigenvalue weighted by Crippen LogP contribution is -2.53. The summed E-state index contributed by atoms with van der Waals surface area (Å²) in [6.45, 7) is 13.1. The van der Waals surface area contributed by atoms with Crippen LogP contribution in [0.2, 0.25) is 0 Å². The van der Waals surface area contributed by atoms with Crippen LogP contribution in [0.3, 0.4) is 0 Å². The van der Waals surface area contributed by atoms with Gasteiger partial charge in [0.15, 0.2) is 0 Å². The lowest BCUT2D eigenvalue weighted by Gasteiger charge is -2.35. The van der Waals surface area contributed by atoms with Gasteiger partial charge in [-0.05, 0) is 85.1 Å². The van der Waals surface area contributed by atoms with Crippen LogP contribution < -0.4 is 15.4 Å². The van der Waals surface area contributed by atoms with E-state index in [1.54, 1.807) is 21.9 Å². The molecule has 0 saturated carbocycles. The first-order chi connectivity index (χ1) is 27.5. The lowest BCUT2D eigenvalue weighted by molar-refractivity contribution is -0.140. The van der Waals surface area contributed by atoms with E-state index in [1.165, 1.54) is 12.1 Å². The van der Waals surface area contributed by atoms with Crippen molar-refractivity contribution >= 4 is 23.8 Å². The van der Waals surface area contributed by atoms with Crippen molar-refractivity contribution in [3.63, 3.8) is 0 Å². The maximum atomic E-state index is 13.9. The molecule has 0 aromatic heterocycles. The zero-order chi connectivity index (χ0) is 42.3. The topological polar surface area (TPSA) is 189 Å². The molecule has 1 unspecified atom stereocenters. The average Bonchev–Trinajstić information content (AvgIpc) is 3.17. The van der Waals surface area contributed by atoms with Crippen LogP contribution >= 0.6 is 0 Å². The Morgan fingerprint density at radius 3 is 1.90 bits per heavy atom. The number of hydrogen-bond acceptors (Lipinski definition) is 10. The Kier molecular flexibility index (Phi) is 14.8. The van der Waals surface area contributed by atoms with Crippen LogP contribution in [0.5, 0.6) is 23.0 Å². The van der Waals surface area contributed by atoms with Gasteiger partial charge < -0.3 is 40.3 Å². The molecule has 13 heteroatoms. The van der Waals surface area contributed by atoms with Gasteiger partial charge in [0, 0.05) is 50.4 Å². The highest BCUT2D eigenvalue weighted by Crippen LogP contribution is 2.36. The molecule has 314 valence electrons. The zero-order valence-corrected chi connectivity index (χ0v) is 34.5. The maximum Gasteiger partial charge on any atom is 0.328 e. The standard InChI is InChI=1S/C45H60N4O9/c1-26(2)19-37(47-31-13-10-16-49(25-31)43(54)34-21-32(27(3)4)38(50)23-39(34)51)45(57)58-41-24-40(52)35(22-33(41)28(5)6)42(53)48-17-14-30(15-18-48)46-36(44(55)56)20-29-11-8-7-9-12-29/h7-9,11-12,21-24,26-28,30-31,36-37,46-47,50-52H,10,13-20,25H2,1-6H3,(H,55,56)/t31?,36-,37-/m0/s1. The van der Waals surface area contributed by atoms with Crippen LogP contribution in [-0.2, 0) is 16.0 Å². The second kappa shape index (κ2) is 19.5. The summed E-state index contributed by atoms with van der Waals surface area (Å²) in [5, 5.41) is 48.6. The van der Waals surface area contributed by atoms with Crippen LogP contribution in [-0.4, -0.2) is 104 Å². The molecule has 0 aliphatic carbocycles. The molecule has 0 radical (unpaired) electrons. The zero-order valence-electron chi connectivity index (χ0n) is 34.5. The van der Waals surface area contributed by atoms with Crippen molar-refractivity contribution < 1.29 is 44.3 Å². The summed E-state index contributed by atoms with van der Waals surface area (Å²) < 4.78 is 6.01. The monoisotopic (exact) mass is 800 g/mol. The molecule has 2 saturated heterocycles. The van der Waals surface area contributed by atoms with E-state index in [0.717, 1.165) is 5.56 Å². The SMILES string of the molecule is CC(C)C[C@H](NC1CCCN(C(=O)c2cc(C(C)C)c(O)cc2O)C1)C(=O)Oc1cc(O)c(C(=O)N2CCC(N[C@@H](Cc3ccccc3)C(=O)O)CC2)cc1C(C)C. The molecule has 6 N–H and O–H groups in total. The van der Waals surface area contributed by atoms with Crippen LogP contribution in [0.25, 0.3) is 0 Å². The van der Waals surface area contributed by atoms with Gasteiger partial charge in [-0.15, -0.1) is 0 Å². The number of hydrogen-bond donors (Lipinski definition) is 6. The van der Waals surface area contributed by atoms with Gasteiger partial charge in [-0.2, -0.15) is 0 Å². The molecule has 2 aliphatic rings. The van der Waals surface area contributed by atoms with Gasteiger partial charge in [0.05, 0.1) is 11.1 Å². The van der Waals surface area contributed by atoms with Gasteiger partial charge >= 0.3 is 11.9 Å². The Labute approximate surface area is 341 Å². The number of rotatable bonds is 15. The summed E-state index contributed by atoms with van der Waals surface area (Å²) in [7, 11) is 0. The molecular formula is C45H60N4O9. The molecule has 58 heavy (non-hydrogen) atoms. The van der Waals surface area contributed by atoms with Gasteiger partial charge in [-0.1, -0.05) is 71.9 Å². The van der Waals surface area contributed by atoms with E-state index in [1.807, 2.05) is 71.9 Å². The number of phenolic OH excluding ortho intramolecular Hbond substituents is 3.